The Kier molecular flexibility index (Phi) is 5.09. The van der Waals surface area contributed by atoms with Crippen molar-refractivity contribution >= 4 is 11.7 Å². The number of amidine groups is 1. The van der Waals surface area contributed by atoms with Gasteiger partial charge in [0.1, 0.15) is 17.5 Å². The summed E-state index contributed by atoms with van der Waals surface area (Å²) in [5.41, 5.74) is 6.48. The zero-order valence-corrected chi connectivity index (χ0v) is 12.3. The van der Waals surface area contributed by atoms with Crippen LogP contribution < -0.4 is 10.6 Å². The van der Waals surface area contributed by atoms with E-state index < -0.39 is 0 Å². The van der Waals surface area contributed by atoms with Gasteiger partial charge < -0.3 is 15.8 Å². The first-order valence-corrected chi connectivity index (χ1v) is 6.40. The summed E-state index contributed by atoms with van der Waals surface area (Å²) in [6.07, 6.45) is 0.479. The normalized spacial score (nSPS) is 13.7. The summed E-state index contributed by atoms with van der Waals surface area (Å²) < 4.78 is 0. The summed E-state index contributed by atoms with van der Waals surface area (Å²) in [5, 5.41) is 11.6. The molecule has 0 saturated heterocycles. The van der Waals surface area contributed by atoms with Gasteiger partial charge in [0, 0.05) is 37.2 Å². The number of hydrogen-bond donors (Lipinski definition) is 2. The van der Waals surface area contributed by atoms with Gasteiger partial charge >= 0.3 is 0 Å². The van der Waals surface area contributed by atoms with Crippen molar-refractivity contribution in [3.8, 4) is 0 Å². The monoisotopic (exact) mass is 265 g/mol. The van der Waals surface area contributed by atoms with Crippen molar-refractivity contribution in [1.82, 2.24) is 9.97 Å². The van der Waals surface area contributed by atoms with Gasteiger partial charge in [-0.25, -0.2) is 9.97 Å². The first-order valence-electron chi connectivity index (χ1n) is 6.40. The molecule has 0 aliphatic carbocycles. The highest BCUT2D eigenvalue weighted by atomic mass is 16.4. The van der Waals surface area contributed by atoms with E-state index in [9.17, 15) is 0 Å². The fourth-order valence-electron chi connectivity index (χ4n) is 1.72. The van der Waals surface area contributed by atoms with Crippen molar-refractivity contribution in [3.05, 3.63) is 17.6 Å². The molecule has 0 amide bonds. The molecule has 0 aliphatic heterocycles. The Morgan fingerprint density at radius 2 is 2.05 bits per heavy atom. The highest BCUT2D eigenvalue weighted by molar-refractivity contribution is 5.80. The molecule has 106 valence electrons. The molecule has 3 N–H and O–H groups in total. The van der Waals surface area contributed by atoms with Crippen LogP contribution in [0.1, 0.15) is 44.6 Å². The lowest BCUT2D eigenvalue weighted by atomic mass is 10.2. The lowest BCUT2D eigenvalue weighted by molar-refractivity contribution is 0.316. The number of rotatable bonds is 5. The molecule has 6 nitrogen and oxygen atoms in total. The van der Waals surface area contributed by atoms with E-state index in [1.165, 1.54) is 0 Å². The first-order chi connectivity index (χ1) is 8.85. The number of anilines is 1. The zero-order valence-electron chi connectivity index (χ0n) is 12.3. The number of aryl methyl sites for hydroxylation is 1. The zero-order chi connectivity index (χ0) is 14.6. The summed E-state index contributed by atoms with van der Waals surface area (Å²) >= 11 is 0. The van der Waals surface area contributed by atoms with E-state index in [1.54, 1.807) is 0 Å². The van der Waals surface area contributed by atoms with Crippen LogP contribution in [0.5, 0.6) is 0 Å². The Labute approximate surface area is 114 Å². The lowest BCUT2D eigenvalue weighted by Crippen LogP contribution is -2.34. The van der Waals surface area contributed by atoms with Crippen molar-refractivity contribution in [2.45, 2.75) is 46.1 Å². The Balaban J connectivity index is 2.95. The number of nitrogens with zero attached hydrogens (tertiary/aromatic N) is 4. The SMILES string of the molecule is Cc1cc(N(C)C(C)CC(N)=NO)nc(C(C)C)n1. The molecule has 1 unspecified atom stereocenters. The van der Waals surface area contributed by atoms with E-state index in [4.69, 9.17) is 10.9 Å². The predicted octanol–water partition coefficient (Wildman–Crippen LogP) is 1.87. The summed E-state index contributed by atoms with van der Waals surface area (Å²) in [6, 6.07) is 2.03. The van der Waals surface area contributed by atoms with E-state index in [-0.39, 0.29) is 17.8 Å². The molecule has 1 aromatic heterocycles. The maximum absolute atomic E-state index is 8.62. The summed E-state index contributed by atoms with van der Waals surface area (Å²) in [4.78, 5) is 11.0. The van der Waals surface area contributed by atoms with Crippen molar-refractivity contribution in [2.75, 3.05) is 11.9 Å². The van der Waals surface area contributed by atoms with Crippen LogP contribution in [-0.4, -0.2) is 34.1 Å². The number of nitrogens with two attached hydrogens (primary N) is 1. The maximum atomic E-state index is 8.62. The van der Waals surface area contributed by atoms with Gasteiger partial charge in [-0.1, -0.05) is 19.0 Å². The van der Waals surface area contributed by atoms with E-state index in [0.717, 1.165) is 17.3 Å². The van der Waals surface area contributed by atoms with Crippen LogP contribution >= 0.6 is 0 Å². The molecule has 1 rings (SSSR count). The van der Waals surface area contributed by atoms with Crippen LogP contribution in [0, 0.1) is 6.92 Å². The van der Waals surface area contributed by atoms with Crippen LogP contribution in [0.25, 0.3) is 0 Å². The molecular formula is C13H23N5O. The predicted molar refractivity (Wildman–Crippen MR) is 76.7 cm³/mol. The molecule has 1 atom stereocenters. The van der Waals surface area contributed by atoms with Gasteiger partial charge in [-0.2, -0.15) is 0 Å². The third-order valence-electron chi connectivity index (χ3n) is 3.03. The van der Waals surface area contributed by atoms with Crippen molar-refractivity contribution in [3.63, 3.8) is 0 Å². The Morgan fingerprint density at radius 3 is 2.58 bits per heavy atom. The van der Waals surface area contributed by atoms with Gasteiger partial charge in [0.2, 0.25) is 0 Å². The second-order valence-corrected chi connectivity index (χ2v) is 5.14. The average Bonchev–Trinajstić information content (AvgIpc) is 2.36. The fraction of sp³-hybridized carbons (Fsp3) is 0.615. The van der Waals surface area contributed by atoms with Gasteiger partial charge in [-0.3, -0.25) is 0 Å². The average molecular weight is 265 g/mol. The molecule has 1 aromatic rings. The summed E-state index contributed by atoms with van der Waals surface area (Å²) in [6.45, 7) is 8.10. The van der Waals surface area contributed by atoms with Crippen LogP contribution in [0.15, 0.2) is 11.2 Å². The maximum Gasteiger partial charge on any atom is 0.141 e. The molecule has 19 heavy (non-hydrogen) atoms. The smallest absolute Gasteiger partial charge is 0.141 e. The molecule has 6 heteroatoms. The first kappa shape index (κ1) is 15.2. The minimum absolute atomic E-state index is 0.0882. The molecule has 0 radical (unpaired) electrons. The topological polar surface area (TPSA) is 87.6 Å². The highest BCUT2D eigenvalue weighted by Gasteiger charge is 2.15. The standard InChI is InChI=1S/C13H23N5O/c1-8(2)13-15-9(3)6-12(16-13)18(5)10(4)7-11(14)17-19/h6,8,10,19H,7H2,1-5H3,(H2,14,17). The molecule has 0 spiro atoms. The summed E-state index contributed by atoms with van der Waals surface area (Å²) in [5.74, 6) is 2.19. The molecular weight excluding hydrogens is 242 g/mol. The van der Waals surface area contributed by atoms with Gasteiger partial charge in [0.15, 0.2) is 0 Å². The van der Waals surface area contributed by atoms with Gasteiger partial charge in [-0.15, -0.1) is 0 Å². The van der Waals surface area contributed by atoms with Gasteiger partial charge in [0.05, 0.1) is 0 Å². The number of oxime groups is 1. The molecule has 1 heterocycles. The fourth-order valence-corrected chi connectivity index (χ4v) is 1.72. The van der Waals surface area contributed by atoms with Crippen molar-refractivity contribution in [2.24, 2.45) is 10.9 Å². The van der Waals surface area contributed by atoms with E-state index in [2.05, 4.69) is 29.0 Å². The van der Waals surface area contributed by atoms with Gasteiger partial charge in [0.25, 0.3) is 0 Å². The molecule has 0 saturated carbocycles. The minimum atomic E-state index is 0.0882. The largest absolute Gasteiger partial charge is 0.409 e. The van der Waals surface area contributed by atoms with E-state index in [0.29, 0.717) is 6.42 Å². The quantitative estimate of drug-likeness (QED) is 0.367. The summed E-state index contributed by atoms with van der Waals surface area (Å²) in [7, 11) is 1.95. The molecule has 0 aliphatic rings. The third-order valence-corrected chi connectivity index (χ3v) is 3.03. The van der Waals surface area contributed by atoms with Crippen LogP contribution in [-0.2, 0) is 0 Å². The van der Waals surface area contributed by atoms with E-state index >= 15 is 0 Å². The van der Waals surface area contributed by atoms with Crippen molar-refractivity contribution < 1.29 is 5.21 Å². The second-order valence-electron chi connectivity index (χ2n) is 5.14. The highest BCUT2D eigenvalue weighted by Crippen LogP contribution is 2.18. The third kappa shape index (κ3) is 4.08. The molecule has 0 fully saturated rings. The Bertz CT molecular complexity index is 458. The van der Waals surface area contributed by atoms with Gasteiger partial charge in [-0.05, 0) is 13.8 Å². The van der Waals surface area contributed by atoms with Crippen molar-refractivity contribution in [1.29, 1.82) is 0 Å². The van der Waals surface area contributed by atoms with Crippen LogP contribution in [0.3, 0.4) is 0 Å². The number of aromatic nitrogens is 2. The molecule has 0 bridgehead atoms. The van der Waals surface area contributed by atoms with Crippen LogP contribution in [0.2, 0.25) is 0 Å². The second kappa shape index (κ2) is 6.36. The number of hydrogen-bond acceptors (Lipinski definition) is 5. The Hall–Kier alpha value is -1.85. The van der Waals surface area contributed by atoms with E-state index in [1.807, 2.05) is 31.9 Å². The Morgan fingerprint density at radius 1 is 1.42 bits per heavy atom. The lowest BCUT2D eigenvalue weighted by Gasteiger charge is -2.26. The van der Waals surface area contributed by atoms with Crippen LogP contribution in [0.4, 0.5) is 5.82 Å². The molecule has 0 aromatic carbocycles. The minimum Gasteiger partial charge on any atom is -0.409 e.